The molecule has 0 aliphatic rings. The van der Waals surface area contributed by atoms with E-state index in [0.29, 0.717) is 44.1 Å². The molecule has 0 unspecified atom stereocenters. The molecule has 0 saturated heterocycles. The second-order valence-corrected chi connectivity index (χ2v) is 31.4. The van der Waals surface area contributed by atoms with E-state index in [0.717, 1.165) is 55.9 Å². The van der Waals surface area contributed by atoms with Crippen LogP contribution in [-0.4, -0.2) is 35.7 Å². The summed E-state index contributed by atoms with van der Waals surface area (Å²) in [6, 6.07) is 117. The van der Waals surface area contributed by atoms with E-state index in [1.165, 1.54) is 64.5 Å². The highest BCUT2D eigenvalue weighted by atomic mass is 35.5. The lowest BCUT2D eigenvalue weighted by atomic mass is 9.93. The summed E-state index contributed by atoms with van der Waals surface area (Å²) < 4.78 is 11.2. The first-order valence-corrected chi connectivity index (χ1v) is 40.2. The number of halogens is 3. The normalized spacial score (nSPS) is 11.0. The molecule has 0 fully saturated rings. The van der Waals surface area contributed by atoms with Gasteiger partial charge in [-0.25, -0.2) is 9.97 Å². The Morgan fingerprint density at radius 3 is 1.18 bits per heavy atom. The third-order valence-electron chi connectivity index (χ3n) is 17.9. The Balaban J connectivity index is 0.000000132. The maximum Gasteiger partial charge on any atom is 0.231 e. The molecule has 0 radical (unpaired) electrons. The molecule has 12 aromatic carbocycles. The van der Waals surface area contributed by atoms with Crippen LogP contribution in [0.25, 0.3) is 89.8 Å². The Morgan fingerprint density at radius 1 is 0.381 bits per heavy atom. The number of furan rings is 2. The van der Waals surface area contributed by atoms with Crippen molar-refractivity contribution in [1.82, 2.24) is 29.9 Å². The second-order valence-electron chi connectivity index (χ2n) is 25.8. The zero-order valence-electron chi connectivity index (χ0n) is 61.5. The van der Waals surface area contributed by atoms with Gasteiger partial charge in [0, 0.05) is 57.3 Å². The van der Waals surface area contributed by atoms with E-state index in [2.05, 4.69) is 229 Å². The summed E-state index contributed by atoms with van der Waals surface area (Å²) in [5.74, 6) is 3.26. The van der Waals surface area contributed by atoms with E-state index in [9.17, 15) is 4.79 Å². The summed E-state index contributed by atoms with van der Waals surface area (Å²) in [6.07, 6.45) is 13.6. The molecular formula is C97H73Cl3N8O3P2. The summed E-state index contributed by atoms with van der Waals surface area (Å²) in [5.41, 5.74) is 14.4. The van der Waals surface area contributed by atoms with Gasteiger partial charge < -0.3 is 19.9 Å². The van der Waals surface area contributed by atoms with Crippen molar-refractivity contribution in [3.8, 4) is 33.9 Å². The Morgan fingerprint density at radius 2 is 0.761 bits per heavy atom. The minimum atomic E-state index is -0.852. The van der Waals surface area contributed by atoms with Gasteiger partial charge in [0.25, 0.3) is 0 Å². The lowest BCUT2D eigenvalue weighted by Crippen LogP contribution is -2.26. The van der Waals surface area contributed by atoms with Gasteiger partial charge in [0.2, 0.25) is 11.4 Å². The van der Waals surface area contributed by atoms with Crippen LogP contribution in [0.4, 0.5) is 17.2 Å². The van der Waals surface area contributed by atoms with Crippen molar-refractivity contribution in [2.75, 3.05) is 11.1 Å². The van der Waals surface area contributed by atoms with Crippen LogP contribution < -0.4 is 42.9 Å². The first kappa shape index (κ1) is 76.9. The predicted molar refractivity (Wildman–Crippen MR) is 475 cm³/mol. The van der Waals surface area contributed by atoms with Gasteiger partial charge in [0.05, 0.1) is 10.8 Å². The molecule has 550 valence electrons. The molecule has 6 aromatic heterocycles. The fraction of sp³-hybridized carbons (Fsp3) is 0.0206. The average molecular weight is 1570 g/mol. The molecule has 3 N–H and O–H groups in total. The first-order chi connectivity index (χ1) is 55.4. The van der Waals surface area contributed by atoms with Crippen molar-refractivity contribution >= 4 is 161 Å². The molecule has 0 atom stereocenters. The molecule has 0 spiro atoms. The summed E-state index contributed by atoms with van der Waals surface area (Å²) in [6.45, 7) is 3.73. The van der Waals surface area contributed by atoms with E-state index in [1.807, 2.05) is 147 Å². The quantitative estimate of drug-likeness (QED) is 0.0571. The van der Waals surface area contributed by atoms with Crippen LogP contribution in [0.5, 0.6) is 0 Å². The summed E-state index contributed by atoms with van der Waals surface area (Å²) >= 11 is 18.2. The third kappa shape index (κ3) is 19.9. The Labute approximate surface area is 673 Å². The number of hydrogen-bond donors (Lipinski definition) is 2. The van der Waals surface area contributed by atoms with E-state index in [1.54, 1.807) is 61.2 Å². The van der Waals surface area contributed by atoms with E-state index in [4.69, 9.17) is 49.4 Å². The second kappa shape index (κ2) is 37.7. The molecule has 0 aliphatic carbocycles. The Kier molecular flexibility index (Phi) is 25.7. The van der Waals surface area contributed by atoms with Gasteiger partial charge in [-0.15, -0.1) is 0 Å². The van der Waals surface area contributed by atoms with Crippen molar-refractivity contribution in [3.05, 3.63) is 415 Å². The van der Waals surface area contributed by atoms with Crippen molar-refractivity contribution in [2.45, 2.75) is 13.8 Å². The predicted octanol–water partition coefficient (Wildman–Crippen LogP) is 23.3. The molecule has 113 heavy (non-hydrogen) atoms. The largest absolute Gasteiger partial charge is 0.443 e. The maximum atomic E-state index is 11.6. The number of nitrogens with two attached hydrogens (primary N) is 1. The third-order valence-corrected chi connectivity index (χ3v) is 23.6. The van der Waals surface area contributed by atoms with Crippen molar-refractivity contribution in [3.63, 3.8) is 0 Å². The smallest absolute Gasteiger partial charge is 0.231 e. The van der Waals surface area contributed by atoms with Crippen LogP contribution in [0, 0.1) is 13.8 Å². The van der Waals surface area contributed by atoms with Gasteiger partial charge >= 0.3 is 0 Å². The molecule has 6 heterocycles. The number of pyridine rings is 2. The van der Waals surface area contributed by atoms with Gasteiger partial charge in [-0.05, 0) is 178 Å². The number of rotatable bonds is 15. The summed E-state index contributed by atoms with van der Waals surface area (Å²) in [4.78, 5) is 37.2. The highest BCUT2D eigenvalue weighted by Gasteiger charge is 2.28. The molecule has 0 amide bonds. The number of ketones is 1. The van der Waals surface area contributed by atoms with E-state index < -0.39 is 15.8 Å². The zero-order valence-corrected chi connectivity index (χ0v) is 65.5. The van der Waals surface area contributed by atoms with Gasteiger partial charge in [0.1, 0.15) is 22.5 Å². The topological polar surface area (TPSA) is 159 Å². The highest BCUT2D eigenvalue weighted by Crippen LogP contribution is 2.46. The first-order valence-electron chi connectivity index (χ1n) is 36.3. The number of benzene rings is 12. The number of carbonyl (C=O) groups is 1. The Hall–Kier alpha value is -12.8. The molecule has 0 bridgehead atoms. The SMILES string of the molecule is Cc1cc2c(Cl)nc(-c3cccc(Cl)c3)nc2o1.Cc1cc2c(Nc3ccncc3)nc(-c3cccc(Cl)c3)nc2o1.Nc1ccncc1.O=C(/C=C\c1ccccc1)/C=C/c1ccccc1.c1ccc(P(c2ccccc2)c2ccc3ccccc3c2-c2c(P(c3ccccc3)c3ccccc3)ccc3ccccc23)cc1. The summed E-state index contributed by atoms with van der Waals surface area (Å²) in [7, 11) is -1.70. The van der Waals surface area contributed by atoms with Crippen LogP contribution in [0.1, 0.15) is 22.6 Å². The molecule has 11 nitrogen and oxygen atoms in total. The summed E-state index contributed by atoms with van der Waals surface area (Å²) in [5, 5.41) is 19.8. The number of nitrogens with one attached hydrogen (secondary N) is 1. The molecule has 0 saturated carbocycles. The number of hydrogen-bond acceptors (Lipinski definition) is 11. The number of aryl methyl sites for hydroxylation is 2. The molecule has 0 aliphatic heterocycles. The fourth-order valence-corrected chi connectivity index (χ4v) is 18.3. The molecule has 18 rings (SSSR count). The van der Waals surface area contributed by atoms with Gasteiger partial charge in [-0.1, -0.05) is 326 Å². The van der Waals surface area contributed by atoms with Crippen molar-refractivity contribution < 1.29 is 13.6 Å². The van der Waals surface area contributed by atoms with E-state index >= 15 is 0 Å². The van der Waals surface area contributed by atoms with Crippen molar-refractivity contribution in [1.29, 1.82) is 0 Å². The average Bonchev–Trinajstić information content (AvgIpc) is 1.39. The van der Waals surface area contributed by atoms with Crippen LogP contribution in [0.3, 0.4) is 0 Å². The molecule has 18 aromatic rings. The lowest BCUT2D eigenvalue weighted by Gasteiger charge is -2.28. The fourth-order valence-electron chi connectivity index (χ4n) is 12.7. The number of aromatic nitrogens is 6. The van der Waals surface area contributed by atoms with Crippen LogP contribution in [0.2, 0.25) is 15.2 Å². The monoisotopic (exact) mass is 1560 g/mol. The van der Waals surface area contributed by atoms with Crippen molar-refractivity contribution in [2.24, 2.45) is 0 Å². The molecule has 16 heteroatoms. The number of allylic oxidation sites excluding steroid dienone is 2. The number of fused-ring (bicyclic) bond motifs is 4. The molecular weight excluding hydrogens is 1490 g/mol. The van der Waals surface area contributed by atoms with Gasteiger partial charge in [0.15, 0.2) is 17.4 Å². The minimum Gasteiger partial charge on any atom is -0.443 e. The number of nitrogens with zero attached hydrogens (tertiary/aromatic N) is 6. The number of anilines is 3. The highest BCUT2D eigenvalue weighted by molar-refractivity contribution is 7.81. The van der Waals surface area contributed by atoms with E-state index in [-0.39, 0.29) is 5.78 Å². The van der Waals surface area contributed by atoms with Gasteiger partial charge in [-0.2, -0.15) is 9.97 Å². The zero-order chi connectivity index (χ0) is 77.7. The standard InChI is InChI=1S/C44H32P2.C18H13ClN4O.C17H14O.C13H8Cl2N2O.C5H6N2/c1-5-19-35(20-6-1)45(36-21-7-2-8-22-36)41-31-29-33-17-13-15-27-39(33)43(41)44-40-28-16-14-18-34(40)30-32-42(44)46(37-23-9-3-10-24-37)38-25-11-4-12-26-38;1-11-9-15-17(21-14-5-7-20-8-6-14)22-16(23-18(15)24-11)12-3-2-4-13(19)10-12;18-17(13-11-15-7-3-1-4-8-15)14-12-16-9-5-2-6-10-16;1-7-5-10-11(15)16-12(17-13(10)18-7)8-3-2-4-9(14)6-8;6-5-1-3-7-4-2-5/h1-32H;2-10H,1H3,(H,20,21,22,23);1-14H;2-6H,1H3;1-4H,(H2,6,7)/b;;13-11-,14-12+;;. The Bertz CT molecular complexity index is 5980. The van der Waals surface area contributed by atoms with Crippen LogP contribution >= 0.6 is 50.6 Å². The minimum absolute atomic E-state index is 0.0114. The maximum absolute atomic E-state index is 11.6. The lowest BCUT2D eigenvalue weighted by molar-refractivity contribution is -0.110. The number of carbonyl (C=O) groups excluding carboxylic acids is 1. The van der Waals surface area contributed by atoms with Crippen LogP contribution in [-0.2, 0) is 4.79 Å². The van der Waals surface area contributed by atoms with Gasteiger partial charge in [-0.3, -0.25) is 14.8 Å². The van der Waals surface area contributed by atoms with Crippen LogP contribution in [0.15, 0.2) is 385 Å². The number of nitrogen functional groups attached to an aromatic ring is 1.